The number of amides is 1. The summed E-state index contributed by atoms with van der Waals surface area (Å²) in [6, 6.07) is 6.65. The van der Waals surface area contributed by atoms with Gasteiger partial charge in [-0.3, -0.25) is 4.79 Å². The van der Waals surface area contributed by atoms with Gasteiger partial charge in [-0.25, -0.2) is 9.80 Å². The second-order valence-electron chi connectivity index (χ2n) is 4.61. The van der Waals surface area contributed by atoms with E-state index in [2.05, 4.69) is 5.10 Å². The van der Waals surface area contributed by atoms with E-state index in [0.717, 1.165) is 11.3 Å². The lowest BCUT2D eigenvalue weighted by Crippen LogP contribution is -2.38. The SMILES string of the molecule is CCOC(=O)C1CC(c2ccc(OC)cc2)=NN1C(C)=O. The third-order valence-electron chi connectivity index (χ3n) is 3.21. The number of hydrogen-bond donors (Lipinski definition) is 0. The lowest BCUT2D eigenvalue weighted by atomic mass is 10.0. The Morgan fingerprint density at radius 3 is 2.52 bits per heavy atom. The van der Waals surface area contributed by atoms with Crippen molar-refractivity contribution in [2.24, 2.45) is 5.10 Å². The first-order valence-corrected chi connectivity index (χ1v) is 6.75. The van der Waals surface area contributed by atoms with Crippen molar-refractivity contribution in [3.05, 3.63) is 29.8 Å². The van der Waals surface area contributed by atoms with Crippen LogP contribution in [0.5, 0.6) is 5.75 Å². The van der Waals surface area contributed by atoms with Gasteiger partial charge in [-0.2, -0.15) is 5.10 Å². The molecule has 0 saturated heterocycles. The summed E-state index contributed by atoms with van der Waals surface area (Å²) in [5, 5.41) is 5.45. The molecule has 0 aromatic heterocycles. The van der Waals surface area contributed by atoms with Crippen LogP contribution < -0.4 is 4.74 Å². The first-order chi connectivity index (χ1) is 10.1. The van der Waals surface area contributed by atoms with E-state index in [1.54, 1.807) is 14.0 Å². The molecule has 21 heavy (non-hydrogen) atoms. The molecule has 0 aliphatic carbocycles. The van der Waals surface area contributed by atoms with Crippen LogP contribution in [0.2, 0.25) is 0 Å². The zero-order valence-electron chi connectivity index (χ0n) is 12.3. The van der Waals surface area contributed by atoms with E-state index in [1.807, 2.05) is 24.3 Å². The lowest BCUT2D eigenvalue weighted by molar-refractivity contribution is -0.153. The van der Waals surface area contributed by atoms with Gasteiger partial charge in [-0.15, -0.1) is 0 Å². The van der Waals surface area contributed by atoms with Crippen molar-refractivity contribution < 1.29 is 19.1 Å². The van der Waals surface area contributed by atoms with Crippen LogP contribution in [-0.4, -0.2) is 42.4 Å². The van der Waals surface area contributed by atoms with Gasteiger partial charge in [0, 0.05) is 13.3 Å². The second kappa shape index (κ2) is 6.39. The van der Waals surface area contributed by atoms with E-state index < -0.39 is 12.0 Å². The minimum absolute atomic E-state index is 0.277. The van der Waals surface area contributed by atoms with Crippen LogP contribution in [0.4, 0.5) is 0 Å². The molecule has 0 radical (unpaired) electrons. The summed E-state index contributed by atoms with van der Waals surface area (Å²) in [5.41, 5.74) is 1.54. The lowest BCUT2D eigenvalue weighted by Gasteiger charge is -2.17. The normalized spacial score (nSPS) is 17.4. The monoisotopic (exact) mass is 290 g/mol. The first-order valence-electron chi connectivity index (χ1n) is 6.75. The van der Waals surface area contributed by atoms with Gasteiger partial charge in [-0.1, -0.05) is 0 Å². The van der Waals surface area contributed by atoms with Crippen molar-refractivity contribution in [1.29, 1.82) is 0 Å². The Kier molecular flexibility index (Phi) is 4.57. The largest absolute Gasteiger partial charge is 0.497 e. The van der Waals surface area contributed by atoms with Gasteiger partial charge in [0.1, 0.15) is 5.75 Å². The quantitative estimate of drug-likeness (QED) is 0.790. The molecule has 6 heteroatoms. The number of esters is 1. The number of hydrogen-bond acceptors (Lipinski definition) is 5. The maximum Gasteiger partial charge on any atom is 0.331 e. The number of methoxy groups -OCH3 is 1. The summed E-state index contributed by atoms with van der Waals surface area (Å²) in [5.74, 6) is 0.0271. The van der Waals surface area contributed by atoms with Gasteiger partial charge in [-0.05, 0) is 36.8 Å². The maximum absolute atomic E-state index is 11.9. The van der Waals surface area contributed by atoms with Crippen molar-refractivity contribution in [1.82, 2.24) is 5.01 Å². The van der Waals surface area contributed by atoms with Gasteiger partial charge in [0.25, 0.3) is 0 Å². The van der Waals surface area contributed by atoms with Crippen LogP contribution >= 0.6 is 0 Å². The summed E-state index contributed by atoms with van der Waals surface area (Å²) in [7, 11) is 1.59. The molecule has 0 fully saturated rings. The molecule has 1 aromatic rings. The molecule has 1 aliphatic heterocycles. The third-order valence-corrected chi connectivity index (χ3v) is 3.21. The highest BCUT2D eigenvalue weighted by molar-refractivity contribution is 6.06. The molecule has 0 N–H and O–H groups in total. The Labute approximate surface area is 123 Å². The summed E-state index contributed by atoms with van der Waals surface area (Å²) in [6.45, 7) is 3.39. The van der Waals surface area contributed by atoms with E-state index in [1.165, 1.54) is 11.9 Å². The molecule has 6 nitrogen and oxygen atoms in total. The van der Waals surface area contributed by atoms with Gasteiger partial charge in [0.15, 0.2) is 6.04 Å². The van der Waals surface area contributed by atoms with Gasteiger partial charge in [0.05, 0.1) is 19.4 Å². The van der Waals surface area contributed by atoms with Crippen molar-refractivity contribution in [2.75, 3.05) is 13.7 Å². The van der Waals surface area contributed by atoms with Crippen molar-refractivity contribution in [3.63, 3.8) is 0 Å². The highest BCUT2D eigenvalue weighted by Crippen LogP contribution is 2.22. The molecule has 1 amide bonds. The van der Waals surface area contributed by atoms with E-state index in [-0.39, 0.29) is 12.5 Å². The van der Waals surface area contributed by atoms with E-state index in [0.29, 0.717) is 12.1 Å². The minimum Gasteiger partial charge on any atom is -0.497 e. The highest BCUT2D eigenvalue weighted by atomic mass is 16.5. The van der Waals surface area contributed by atoms with Crippen LogP contribution in [-0.2, 0) is 14.3 Å². The summed E-state index contributed by atoms with van der Waals surface area (Å²) >= 11 is 0. The molecule has 1 aromatic carbocycles. The fraction of sp³-hybridized carbons (Fsp3) is 0.400. The Morgan fingerprint density at radius 2 is 2.00 bits per heavy atom. The molecular weight excluding hydrogens is 272 g/mol. The van der Waals surface area contributed by atoms with Gasteiger partial charge < -0.3 is 9.47 Å². The number of benzene rings is 1. The zero-order valence-corrected chi connectivity index (χ0v) is 12.3. The molecule has 2 rings (SSSR count). The van der Waals surface area contributed by atoms with Crippen molar-refractivity contribution in [3.8, 4) is 5.75 Å². The number of rotatable bonds is 4. The predicted molar refractivity (Wildman–Crippen MR) is 77.1 cm³/mol. The van der Waals surface area contributed by atoms with Crippen LogP contribution in [0, 0.1) is 0 Å². The van der Waals surface area contributed by atoms with E-state index in [9.17, 15) is 9.59 Å². The fourth-order valence-electron chi connectivity index (χ4n) is 2.18. The third kappa shape index (κ3) is 3.21. The molecular formula is C15H18N2O4. The molecule has 0 spiro atoms. The topological polar surface area (TPSA) is 68.2 Å². The fourth-order valence-corrected chi connectivity index (χ4v) is 2.18. The van der Waals surface area contributed by atoms with Crippen LogP contribution in [0.1, 0.15) is 25.8 Å². The number of ether oxygens (including phenoxy) is 2. The maximum atomic E-state index is 11.9. The van der Waals surface area contributed by atoms with Crippen LogP contribution in [0.25, 0.3) is 0 Å². The second-order valence-corrected chi connectivity index (χ2v) is 4.61. The molecule has 1 aliphatic rings. The molecule has 0 bridgehead atoms. The number of carbonyl (C=O) groups excluding carboxylic acids is 2. The Bertz CT molecular complexity index is 566. The average molecular weight is 290 g/mol. The Morgan fingerprint density at radius 1 is 1.33 bits per heavy atom. The van der Waals surface area contributed by atoms with Crippen LogP contribution in [0.3, 0.4) is 0 Å². The summed E-state index contributed by atoms with van der Waals surface area (Å²) in [6.07, 6.45) is 0.352. The summed E-state index contributed by atoms with van der Waals surface area (Å²) in [4.78, 5) is 23.6. The van der Waals surface area contributed by atoms with Crippen LogP contribution in [0.15, 0.2) is 29.4 Å². The van der Waals surface area contributed by atoms with Gasteiger partial charge in [0.2, 0.25) is 5.91 Å². The highest BCUT2D eigenvalue weighted by Gasteiger charge is 2.36. The average Bonchev–Trinajstić information content (AvgIpc) is 2.93. The molecule has 1 atom stereocenters. The zero-order chi connectivity index (χ0) is 15.4. The van der Waals surface area contributed by atoms with E-state index in [4.69, 9.17) is 9.47 Å². The minimum atomic E-state index is -0.681. The Balaban J connectivity index is 2.22. The molecule has 112 valence electrons. The predicted octanol–water partition coefficient (Wildman–Crippen LogP) is 1.58. The molecule has 1 unspecified atom stereocenters. The smallest absolute Gasteiger partial charge is 0.331 e. The number of nitrogens with zero attached hydrogens (tertiary/aromatic N) is 2. The molecule has 0 saturated carbocycles. The van der Waals surface area contributed by atoms with Crippen molar-refractivity contribution in [2.45, 2.75) is 26.3 Å². The standard InChI is InChI=1S/C15H18N2O4/c1-4-21-15(19)14-9-13(16-17(14)10(2)18)11-5-7-12(20-3)8-6-11/h5-8,14H,4,9H2,1-3H3. The van der Waals surface area contributed by atoms with Gasteiger partial charge >= 0.3 is 5.97 Å². The first kappa shape index (κ1) is 15.0. The van der Waals surface area contributed by atoms with Crippen molar-refractivity contribution >= 4 is 17.6 Å². The van der Waals surface area contributed by atoms with E-state index >= 15 is 0 Å². The number of carbonyl (C=O) groups is 2. The Hall–Kier alpha value is -2.37. The summed E-state index contributed by atoms with van der Waals surface area (Å²) < 4.78 is 10.1. The number of hydrazone groups is 1. The molecule has 1 heterocycles.